The summed E-state index contributed by atoms with van der Waals surface area (Å²) < 4.78 is 40.2. The van der Waals surface area contributed by atoms with Crippen LogP contribution in [0.15, 0.2) is 163 Å². The largest absolute Gasteiger partial charge is 0.506 e. The van der Waals surface area contributed by atoms with Crippen molar-refractivity contribution >= 4 is 142 Å². The topological polar surface area (TPSA) is 222 Å². The molecule has 5 aromatic heterocycles. The summed E-state index contributed by atoms with van der Waals surface area (Å²) in [4.78, 5) is 75.0. The number of fused-ring (bicyclic) bond motifs is 3. The van der Waals surface area contributed by atoms with Crippen molar-refractivity contribution in [3.8, 4) is 37.1 Å². The molecule has 0 saturated carbocycles. The highest BCUT2D eigenvalue weighted by molar-refractivity contribution is 9.11. The Morgan fingerprint density at radius 3 is 1.76 bits per heavy atom. The van der Waals surface area contributed by atoms with Gasteiger partial charge in [-0.25, -0.2) is 23.2 Å². The van der Waals surface area contributed by atoms with Gasteiger partial charge in [0.2, 0.25) is 11.6 Å². The van der Waals surface area contributed by atoms with E-state index in [9.17, 15) is 58.0 Å². The van der Waals surface area contributed by atoms with E-state index in [4.69, 9.17) is 32.0 Å². The van der Waals surface area contributed by atoms with Gasteiger partial charge in [0.15, 0.2) is 23.2 Å². The van der Waals surface area contributed by atoms with Crippen LogP contribution in [0, 0.1) is 18.6 Å². The Kier molecular flexibility index (Phi) is 17.6. The molecule has 0 spiro atoms. The van der Waals surface area contributed by atoms with E-state index in [1.165, 1.54) is 53.2 Å². The van der Waals surface area contributed by atoms with Gasteiger partial charge in [-0.1, -0.05) is 114 Å². The van der Waals surface area contributed by atoms with Crippen molar-refractivity contribution in [3.63, 3.8) is 0 Å². The van der Waals surface area contributed by atoms with Crippen LogP contribution in [0.4, 0.5) is 14.5 Å². The fourth-order valence-electron chi connectivity index (χ4n) is 9.32. The number of carboxylic acid groups (broad SMARTS) is 3. The molecular weight excluding hydrogens is 1260 g/mol. The maximum Gasteiger partial charge on any atom is 0.339 e. The molecule has 1 aliphatic carbocycles. The Hall–Kier alpha value is -8.82. The van der Waals surface area contributed by atoms with E-state index in [0.29, 0.717) is 57.9 Å². The molecule has 13 nitrogen and oxygen atoms in total. The number of hydrogen-bond donors (Lipinski definition) is 5. The number of benzene rings is 6. The van der Waals surface area contributed by atoms with Crippen molar-refractivity contribution in [2.75, 3.05) is 5.32 Å². The summed E-state index contributed by atoms with van der Waals surface area (Å²) in [5.41, 5.74) is 4.80. The van der Waals surface area contributed by atoms with Gasteiger partial charge in [-0.05, 0) is 117 Å². The summed E-state index contributed by atoms with van der Waals surface area (Å²) in [6, 6.07) is 37.8. The average Bonchev–Trinajstić information content (AvgIpc) is 4.59. The number of phenolic OH excluding ortho intramolecular Hbond substituents is 1. The van der Waals surface area contributed by atoms with Crippen molar-refractivity contribution in [2.24, 2.45) is 0 Å². The number of carboxylic acids is 3. The minimum Gasteiger partial charge on any atom is -0.506 e. The number of aryl methyl sites for hydroxylation is 1. The van der Waals surface area contributed by atoms with Crippen LogP contribution in [0.5, 0.6) is 5.75 Å². The molecule has 426 valence electrons. The number of aromatic hydroxyl groups is 1. The number of Topliss-reactive ketones (excluding diaryl/α,β-unsaturated/α-hetero) is 2. The van der Waals surface area contributed by atoms with Crippen molar-refractivity contribution in [1.29, 1.82) is 0 Å². The monoisotopic (exact) mass is 1300 g/mol. The molecule has 11 aromatic rings. The Morgan fingerprint density at radius 2 is 1.19 bits per heavy atom. The number of phenols is 1. The number of anilines is 1. The molecule has 85 heavy (non-hydrogen) atoms. The van der Waals surface area contributed by atoms with Gasteiger partial charge in [0.05, 0.1) is 35.9 Å². The fourth-order valence-corrected chi connectivity index (χ4v) is 13.5. The molecule has 0 saturated heterocycles. The van der Waals surface area contributed by atoms with Gasteiger partial charge in [-0.2, -0.15) is 0 Å². The number of hydrogen-bond acceptors (Lipinski definition) is 12. The third-order valence-electron chi connectivity index (χ3n) is 13.5. The third kappa shape index (κ3) is 12.5. The number of halogens is 5. The summed E-state index contributed by atoms with van der Waals surface area (Å²) in [5.74, 6) is -6.75. The van der Waals surface area contributed by atoms with E-state index in [-0.39, 0.29) is 85.6 Å². The molecule has 0 unspecified atom stereocenters. The van der Waals surface area contributed by atoms with Crippen LogP contribution in [-0.2, 0) is 19.3 Å². The molecule has 6 aromatic carbocycles. The van der Waals surface area contributed by atoms with E-state index in [0.717, 1.165) is 38.8 Å². The zero-order valence-corrected chi connectivity index (χ0v) is 49.3. The van der Waals surface area contributed by atoms with Gasteiger partial charge in [-0.15, -0.1) is 34.0 Å². The zero-order valence-electron chi connectivity index (χ0n) is 43.8. The highest BCUT2D eigenvalue weighted by Gasteiger charge is 2.29. The van der Waals surface area contributed by atoms with Crippen LogP contribution in [0.1, 0.15) is 90.4 Å². The smallest absolute Gasteiger partial charge is 0.339 e. The molecule has 1 amide bonds. The first kappa shape index (κ1) is 59.3. The number of carbonyl (C=O) groups excluding carboxylic acids is 3. The third-order valence-corrected chi connectivity index (χ3v) is 18.1. The molecule has 0 aliphatic heterocycles. The Bertz CT molecular complexity index is 4450. The predicted molar refractivity (Wildman–Crippen MR) is 330 cm³/mol. The molecule has 12 rings (SSSR count). The van der Waals surface area contributed by atoms with E-state index in [1.54, 1.807) is 90.3 Å². The first-order valence-electron chi connectivity index (χ1n) is 25.3. The number of carbonyl (C=O) groups is 6. The van der Waals surface area contributed by atoms with Crippen LogP contribution in [-0.4, -0.2) is 55.8 Å². The standard InChI is InChI=1S/C22H15F2NO4S.C21H12BrClO4S.C21H13ClO4S/c1-10-5-7-13(18(24)17(10)23)20-16(22(28)29)15(9-30-20)25-21(27)14-8-6-11-3-2-4-12(11)19(14)26;22-20-14(10-15(24)17-9-12-3-1-2-4-16(12)27-17)18(21(25)26)19(28-20)11-5-7-13(23)8-6-11;22-15-7-5-12(6-8-15)20-19(21(24)25)14(11-27-20)9-16(23)18-10-13-3-1-2-4-17(13)26-18/h2,4-9,26H,3H2,1H3,(H,25,27)(H,28,29);1-9H,10H2,(H,25,26);1-8,10-11H,9H2,(H,24,25). The number of amides is 1. The zero-order chi connectivity index (χ0) is 60.4. The molecule has 0 bridgehead atoms. The number of para-hydroxylation sites is 2. The van der Waals surface area contributed by atoms with Gasteiger partial charge in [0.25, 0.3) is 5.91 Å². The average molecular weight is 1300 g/mol. The highest BCUT2D eigenvalue weighted by Crippen LogP contribution is 2.43. The molecule has 5 N–H and O–H groups in total. The second kappa shape index (κ2) is 25.2. The van der Waals surface area contributed by atoms with E-state index < -0.39 is 35.4 Å². The lowest BCUT2D eigenvalue weighted by atomic mass is 10.0. The number of thiophene rings is 3. The van der Waals surface area contributed by atoms with E-state index >= 15 is 0 Å². The SMILES string of the molecule is Cc1ccc(-c2scc(NC(=O)c3ccc4c(c3O)C=CC4)c2C(=O)O)c(F)c1F.O=C(Cc1c(Br)sc(-c2ccc(Cl)cc2)c1C(=O)O)c1cc2ccccc2o1.O=C(Cc1csc(-c2ccc(Cl)cc2)c1C(=O)O)c1cc2ccccc2o1. The van der Waals surface area contributed by atoms with Gasteiger partial charge in [-0.3, -0.25) is 14.4 Å². The molecule has 0 fully saturated rings. The lowest BCUT2D eigenvalue weighted by molar-refractivity contribution is 0.0685. The van der Waals surface area contributed by atoms with Crippen LogP contribution < -0.4 is 5.32 Å². The highest BCUT2D eigenvalue weighted by atomic mass is 79.9. The summed E-state index contributed by atoms with van der Waals surface area (Å²) >= 11 is 18.7. The lowest BCUT2D eigenvalue weighted by Crippen LogP contribution is -2.14. The minimum absolute atomic E-state index is 0.0167. The number of allylic oxidation sites excluding steroid dienone is 1. The van der Waals surface area contributed by atoms with Crippen molar-refractivity contribution in [2.45, 2.75) is 26.2 Å². The van der Waals surface area contributed by atoms with E-state index in [2.05, 4.69) is 21.2 Å². The van der Waals surface area contributed by atoms with Crippen molar-refractivity contribution in [3.05, 3.63) is 237 Å². The quantitative estimate of drug-likeness (QED) is 0.0642. The summed E-state index contributed by atoms with van der Waals surface area (Å²) in [5, 5.41) is 47.9. The summed E-state index contributed by atoms with van der Waals surface area (Å²) in [6.45, 7) is 1.40. The Labute approximate surface area is 511 Å². The van der Waals surface area contributed by atoms with Crippen molar-refractivity contribution in [1.82, 2.24) is 0 Å². The number of aromatic carboxylic acids is 3. The van der Waals surface area contributed by atoms with Gasteiger partial charge >= 0.3 is 17.9 Å². The van der Waals surface area contributed by atoms with Crippen LogP contribution in [0.3, 0.4) is 0 Å². The molecule has 0 atom stereocenters. The van der Waals surface area contributed by atoms with E-state index in [1.807, 2.05) is 42.5 Å². The lowest BCUT2D eigenvalue weighted by Gasteiger charge is -2.10. The van der Waals surface area contributed by atoms with Gasteiger partial charge in [0, 0.05) is 60.6 Å². The predicted octanol–water partition coefficient (Wildman–Crippen LogP) is 17.9. The van der Waals surface area contributed by atoms with Crippen LogP contribution in [0.2, 0.25) is 10.0 Å². The Balaban J connectivity index is 0.000000142. The van der Waals surface area contributed by atoms with Gasteiger partial charge in [0.1, 0.15) is 22.5 Å². The second-order valence-electron chi connectivity index (χ2n) is 19.0. The number of rotatable bonds is 14. The molecule has 1 aliphatic rings. The van der Waals surface area contributed by atoms with Crippen LogP contribution >= 0.6 is 73.1 Å². The first-order chi connectivity index (χ1) is 40.8. The molecule has 5 heterocycles. The maximum atomic E-state index is 14.4. The van der Waals surface area contributed by atoms with Crippen LogP contribution in [0.25, 0.3) is 59.3 Å². The first-order valence-corrected chi connectivity index (χ1v) is 29.4. The summed E-state index contributed by atoms with van der Waals surface area (Å²) in [6.07, 6.45) is 4.11. The number of ketones is 2. The minimum atomic E-state index is -1.40. The second-order valence-corrected chi connectivity index (χ2v) is 23.9. The number of nitrogens with one attached hydrogen (secondary N) is 1. The molecule has 21 heteroatoms. The molecule has 0 radical (unpaired) electrons. The maximum absolute atomic E-state index is 14.4. The Morgan fingerprint density at radius 1 is 0.635 bits per heavy atom. The van der Waals surface area contributed by atoms with Gasteiger partial charge < -0.3 is 34.6 Å². The normalized spacial score (nSPS) is 11.4. The van der Waals surface area contributed by atoms with Crippen molar-refractivity contribution < 1.29 is 66.8 Å². The fraction of sp³-hybridized carbons (Fsp3) is 0.0625. The summed E-state index contributed by atoms with van der Waals surface area (Å²) in [7, 11) is 0. The number of furan rings is 2. The molecular formula is C64H40BrCl2F2NO12S3.